The van der Waals surface area contributed by atoms with Crippen LogP contribution in [0.1, 0.15) is 43.0 Å². The summed E-state index contributed by atoms with van der Waals surface area (Å²) in [5.74, 6) is -2.56. The lowest BCUT2D eigenvalue weighted by molar-refractivity contribution is 0.0493. The predicted molar refractivity (Wildman–Crippen MR) is 65.9 cm³/mol. The van der Waals surface area contributed by atoms with Crippen LogP contribution in [0.15, 0.2) is 12.1 Å². The van der Waals surface area contributed by atoms with Gasteiger partial charge in [0.15, 0.2) is 11.5 Å². The zero-order chi connectivity index (χ0) is 13.5. The Morgan fingerprint density at radius 1 is 1.11 bits per heavy atom. The molecular weight excluding hydrogens is 236 g/mol. The number of phenols is 3. The largest absolute Gasteiger partial charge is 0.504 e. The number of carbonyl (C=O) groups excluding carboxylic acids is 1. The minimum Gasteiger partial charge on any atom is -0.504 e. The second-order valence-corrected chi connectivity index (χ2v) is 4.03. The number of carbonyl (C=O) groups is 1. The first kappa shape index (κ1) is 14.2. The van der Waals surface area contributed by atoms with Gasteiger partial charge >= 0.3 is 5.97 Å². The molecule has 0 amide bonds. The van der Waals surface area contributed by atoms with E-state index in [4.69, 9.17) is 9.84 Å². The molecule has 0 saturated heterocycles. The minimum absolute atomic E-state index is 0.152. The molecule has 0 spiro atoms. The van der Waals surface area contributed by atoms with Crippen LogP contribution in [0, 0.1) is 0 Å². The summed E-state index contributed by atoms with van der Waals surface area (Å²) in [6.07, 6.45) is 3.93. The summed E-state index contributed by atoms with van der Waals surface area (Å²) in [6, 6.07) is 2.33. The van der Waals surface area contributed by atoms with E-state index in [2.05, 4.69) is 6.92 Å². The van der Waals surface area contributed by atoms with Gasteiger partial charge in [-0.1, -0.05) is 26.2 Å². The summed E-state index contributed by atoms with van der Waals surface area (Å²) >= 11 is 0. The molecule has 3 N–H and O–H groups in total. The minimum atomic E-state index is -0.713. The van der Waals surface area contributed by atoms with Crippen molar-refractivity contribution in [3.63, 3.8) is 0 Å². The number of benzene rings is 1. The molecule has 0 heterocycles. The Hall–Kier alpha value is -1.91. The van der Waals surface area contributed by atoms with Crippen molar-refractivity contribution in [2.24, 2.45) is 0 Å². The SMILES string of the molecule is CCCCCCOC(=O)c1ccc(O)c(O)c1O. The number of unbranched alkanes of at least 4 members (excludes halogenated alkanes) is 3. The van der Waals surface area contributed by atoms with Crippen molar-refractivity contribution >= 4 is 5.97 Å². The van der Waals surface area contributed by atoms with E-state index in [9.17, 15) is 15.0 Å². The van der Waals surface area contributed by atoms with E-state index in [0.717, 1.165) is 31.7 Å². The molecule has 1 aromatic carbocycles. The summed E-state index contributed by atoms with van der Waals surface area (Å²) in [7, 11) is 0. The molecule has 0 aliphatic carbocycles. The molecule has 0 atom stereocenters. The third-order valence-electron chi connectivity index (χ3n) is 2.58. The fourth-order valence-corrected chi connectivity index (χ4v) is 1.51. The summed E-state index contributed by atoms with van der Waals surface area (Å²) < 4.78 is 4.96. The topological polar surface area (TPSA) is 87.0 Å². The van der Waals surface area contributed by atoms with E-state index in [1.165, 1.54) is 6.07 Å². The monoisotopic (exact) mass is 254 g/mol. The lowest BCUT2D eigenvalue weighted by Gasteiger charge is -2.08. The Labute approximate surface area is 106 Å². The first-order valence-corrected chi connectivity index (χ1v) is 5.99. The zero-order valence-corrected chi connectivity index (χ0v) is 10.3. The number of phenolic OH excluding ortho intramolecular Hbond substituents is 3. The molecule has 18 heavy (non-hydrogen) atoms. The number of hydrogen-bond donors (Lipinski definition) is 3. The maximum Gasteiger partial charge on any atom is 0.342 e. The van der Waals surface area contributed by atoms with Gasteiger partial charge in [0.25, 0.3) is 0 Å². The lowest BCUT2D eigenvalue weighted by Crippen LogP contribution is -2.06. The van der Waals surface area contributed by atoms with E-state index >= 15 is 0 Å². The normalized spacial score (nSPS) is 10.3. The standard InChI is InChI=1S/C13H18O5/c1-2-3-4-5-8-18-13(17)9-6-7-10(14)12(16)11(9)15/h6-7,14-16H,2-5,8H2,1H3. The van der Waals surface area contributed by atoms with Crippen molar-refractivity contribution in [2.75, 3.05) is 6.61 Å². The quantitative estimate of drug-likeness (QED) is 0.412. The first-order chi connectivity index (χ1) is 8.57. The van der Waals surface area contributed by atoms with Crippen LogP contribution in [0.5, 0.6) is 17.2 Å². The highest BCUT2D eigenvalue weighted by atomic mass is 16.5. The van der Waals surface area contributed by atoms with E-state index in [0.29, 0.717) is 0 Å². The van der Waals surface area contributed by atoms with Crippen molar-refractivity contribution in [1.82, 2.24) is 0 Å². The van der Waals surface area contributed by atoms with Gasteiger partial charge in [-0.15, -0.1) is 0 Å². The molecule has 0 radical (unpaired) electrons. The highest BCUT2D eigenvalue weighted by Gasteiger charge is 2.18. The predicted octanol–water partition coefficient (Wildman–Crippen LogP) is 2.54. The van der Waals surface area contributed by atoms with Crippen LogP contribution in [-0.4, -0.2) is 27.9 Å². The van der Waals surface area contributed by atoms with E-state index in [1.807, 2.05) is 0 Å². The average Bonchev–Trinajstić information content (AvgIpc) is 2.35. The Balaban J connectivity index is 2.54. The molecule has 0 aromatic heterocycles. The van der Waals surface area contributed by atoms with Gasteiger partial charge in [0.2, 0.25) is 5.75 Å². The molecule has 0 fully saturated rings. The van der Waals surface area contributed by atoms with Crippen LogP contribution >= 0.6 is 0 Å². The Kier molecular flexibility index (Phi) is 5.30. The van der Waals surface area contributed by atoms with Gasteiger partial charge in [-0.25, -0.2) is 4.79 Å². The third-order valence-corrected chi connectivity index (χ3v) is 2.58. The molecule has 0 aliphatic rings. The highest BCUT2D eigenvalue weighted by molar-refractivity contribution is 5.93. The summed E-state index contributed by atoms with van der Waals surface area (Å²) in [5.41, 5.74) is -0.152. The Morgan fingerprint density at radius 2 is 1.83 bits per heavy atom. The van der Waals surface area contributed by atoms with Crippen molar-refractivity contribution in [3.8, 4) is 17.2 Å². The van der Waals surface area contributed by atoms with Gasteiger partial charge < -0.3 is 20.1 Å². The smallest absolute Gasteiger partial charge is 0.342 e. The third kappa shape index (κ3) is 3.55. The molecule has 0 aliphatic heterocycles. The Morgan fingerprint density at radius 3 is 2.50 bits per heavy atom. The number of aromatic hydroxyl groups is 3. The molecule has 0 saturated carbocycles. The summed E-state index contributed by atoms with van der Waals surface area (Å²) in [4.78, 5) is 11.6. The summed E-state index contributed by atoms with van der Waals surface area (Å²) in [5, 5.41) is 27.9. The fourth-order valence-electron chi connectivity index (χ4n) is 1.51. The molecule has 1 aromatic rings. The number of hydrogen-bond acceptors (Lipinski definition) is 5. The van der Waals surface area contributed by atoms with Crippen molar-refractivity contribution in [2.45, 2.75) is 32.6 Å². The molecule has 5 nitrogen and oxygen atoms in total. The summed E-state index contributed by atoms with van der Waals surface area (Å²) in [6.45, 7) is 2.36. The molecule has 5 heteroatoms. The highest BCUT2D eigenvalue weighted by Crippen LogP contribution is 2.37. The van der Waals surface area contributed by atoms with Gasteiger partial charge in [0.05, 0.1) is 6.61 Å². The average molecular weight is 254 g/mol. The number of ether oxygens (including phenoxy) is 1. The lowest BCUT2D eigenvalue weighted by atomic mass is 10.1. The second-order valence-electron chi connectivity index (χ2n) is 4.03. The van der Waals surface area contributed by atoms with Gasteiger partial charge in [-0.2, -0.15) is 0 Å². The van der Waals surface area contributed by atoms with E-state index in [-0.39, 0.29) is 12.2 Å². The van der Waals surface area contributed by atoms with Gasteiger partial charge in [-0.3, -0.25) is 0 Å². The molecule has 0 bridgehead atoms. The first-order valence-electron chi connectivity index (χ1n) is 5.99. The van der Waals surface area contributed by atoms with Crippen molar-refractivity contribution in [3.05, 3.63) is 17.7 Å². The maximum absolute atomic E-state index is 11.6. The van der Waals surface area contributed by atoms with Crippen LogP contribution in [0.25, 0.3) is 0 Å². The molecule has 100 valence electrons. The van der Waals surface area contributed by atoms with Gasteiger partial charge in [0.1, 0.15) is 5.56 Å². The van der Waals surface area contributed by atoms with Crippen LogP contribution in [-0.2, 0) is 4.74 Å². The van der Waals surface area contributed by atoms with E-state index in [1.54, 1.807) is 0 Å². The Bertz CT molecular complexity index is 414. The van der Waals surface area contributed by atoms with Gasteiger partial charge in [0, 0.05) is 0 Å². The van der Waals surface area contributed by atoms with E-state index < -0.39 is 23.2 Å². The molecular formula is C13H18O5. The molecule has 1 rings (SSSR count). The zero-order valence-electron chi connectivity index (χ0n) is 10.3. The van der Waals surface area contributed by atoms with Crippen LogP contribution in [0.2, 0.25) is 0 Å². The number of esters is 1. The van der Waals surface area contributed by atoms with Crippen LogP contribution in [0.3, 0.4) is 0 Å². The number of rotatable bonds is 6. The van der Waals surface area contributed by atoms with Crippen LogP contribution < -0.4 is 0 Å². The van der Waals surface area contributed by atoms with Crippen molar-refractivity contribution < 1.29 is 24.9 Å². The fraction of sp³-hybridized carbons (Fsp3) is 0.462. The maximum atomic E-state index is 11.6. The molecule has 0 unspecified atom stereocenters. The van der Waals surface area contributed by atoms with Crippen LogP contribution in [0.4, 0.5) is 0 Å². The van der Waals surface area contributed by atoms with Gasteiger partial charge in [-0.05, 0) is 18.6 Å². The van der Waals surface area contributed by atoms with Crippen molar-refractivity contribution in [1.29, 1.82) is 0 Å². The second kappa shape index (κ2) is 6.74.